The molecule has 14 heteroatoms. The molecule has 0 aromatic heterocycles. The minimum atomic E-state index is -5.39. The topological polar surface area (TPSA) is 181 Å². The molecule has 13 nitrogen and oxygen atoms in total. The van der Waals surface area contributed by atoms with Crippen molar-refractivity contribution < 1.29 is 61.7 Å². The van der Waals surface area contributed by atoms with Crippen molar-refractivity contribution in [2.45, 2.75) is 30.7 Å². The summed E-state index contributed by atoms with van der Waals surface area (Å²) in [7, 11) is -5.39. The molecule has 4 aromatic carbocycles. The maximum atomic E-state index is 13.4. The molecule has 2 N–H and O–H groups in total. The van der Waals surface area contributed by atoms with Gasteiger partial charge in [0.1, 0.15) is 12.7 Å². The monoisotopic (exact) mass is 676 g/mol. The average Bonchev–Trinajstić information content (AvgIpc) is 3.10. The third-order valence-electron chi connectivity index (χ3n) is 6.98. The SMILES string of the molecule is O=C(OC[C@H]1O[C@H](OP(=O)(O)O)[C@@H](OC(=O)c2ccccc2)[C@@H](OC(=O)c2ccccc2)[C@@H]1OC(=O)c1ccccc1)c1ccccc1. The summed E-state index contributed by atoms with van der Waals surface area (Å²) in [6.07, 6.45) is -9.10. The van der Waals surface area contributed by atoms with Crippen LogP contribution in [0, 0.1) is 0 Å². The van der Waals surface area contributed by atoms with Gasteiger partial charge in [-0.25, -0.2) is 23.7 Å². The molecule has 1 aliphatic heterocycles. The highest BCUT2D eigenvalue weighted by Gasteiger charge is 2.55. The van der Waals surface area contributed by atoms with Crippen molar-refractivity contribution in [1.82, 2.24) is 0 Å². The van der Waals surface area contributed by atoms with Crippen molar-refractivity contribution in [3.63, 3.8) is 0 Å². The van der Waals surface area contributed by atoms with Crippen LogP contribution in [0.3, 0.4) is 0 Å². The van der Waals surface area contributed by atoms with Gasteiger partial charge >= 0.3 is 31.7 Å². The summed E-state index contributed by atoms with van der Waals surface area (Å²) in [4.78, 5) is 72.6. The van der Waals surface area contributed by atoms with Gasteiger partial charge in [0.15, 0.2) is 18.3 Å². The van der Waals surface area contributed by atoms with Crippen LogP contribution in [0.4, 0.5) is 0 Å². The Kier molecular flexibility index (Phi) is 11.1. The van der Waals surface area contributed by atoms with E-state index in [1.807, 2.05) is 0 Å². The number of phosphoric acid groups is 1. The van der Waals surface area contributed by atoms with Gasteiger partial charge in [0.25, 0.3) is 0 Å². The van der Waals surface area contributed by atoms with Crippen LogP contribution in [0.5, 0.6) is 0 Å². The Balaban J connectivity index is 1.56. The minimum Gasteiger partial charge on any atom is -0.459 e. The molecule has 48 heavy (non-hydrogen) atoms. The van der Waals surface area contributed by atoms with Crippen LogP contribution in [0.15, 0.2) is 121 Å². The van der Waals surface area contributed by atoms with Gasteiger partial charge in [-0.15, -0.1) is 0 Å². The molecular formula is C34H29O13P. The van der Waals surface area contributed by atoms with Gasteiger partial charge in [-0.1, -0.05) is 72.8 Å². The molecule has 4 aromatic rings. The van der Waals surface area contributed by atoms with Crippen LogP contribution < -0.4 is 0 Å². The molecule has 1 saturated heterocycles. The molecule has 0 aliphatic carbocycles. The molecule has 0 spiro atoms. The quantitative estimate of drug-likeness (QED) is 0.130. The van der Waals surface area contributed by atoms with Gasteiger partial charge in [-0.3, -0.25) is 4.52 Å². The Morgan fingerprint density at radius 3 is 1.29 bits per heavy atom. The fraction of sp³-hybridized carbons (Fsp3) is 0.176. The standard InChI is InChI=1S/C34H29O13P/c35-30(22-13-5-1-6-14-22)42-21-26-27(44-31(36)23-15-7-2-8-16-23)28(45-32(37)24-17-9-3-10-18-24)29(34(43-26)47-48(39,40)41)46-33(38)25-19-11-4-12-20-25/h1-20,26-29,34H,21H2,(H2,39,40,41)/t26-,27-,28+,29+,34-/m1/s1. The van der Waals surface area contributed by atoms with E-state index in [9.17, 15) is 33.5 Å². The highest BCUT2D eigenvalue weighted by molar-refractivity contribution is 7.46. The number of rotatable bonds is 11. The molecule has 0 saturated carbocycles. The summed E-state index contributed by atoms with van der Waals surface area (Å²) in [6, 6.07) is 30.8. The smallest absolute Gasteiger partial charge is 0.459 e. The molecule has 0 amide bonds. The Hall–Kier alpha value is -5.17. The van der Waals surface area contributed by atoms with E-state index in [4.69, 9.17) is 28.2 Å². The van der Waals surface area contributed by atoms with E-state index in [0.29, 0.717) is 0 Å². The van der Waals surface area contributed by atoms with Gasteiger partial charge in [-0.2, -0.15) is 0 Å². The Morgan fingerprint density at radius 2 is 0.896 bits per heavy atom. The van der Waals surface area contributed by atoms with E-state index in [0.717, 1.165) is 0 Å². The number of carbonyl (C=O) groups excluding carboxylic acids is 4. The summed E-state index contributed by atoms with van der Waals surface area (Å²) in [5, 5.41) is 0. The summed E-state index contributed by atoms with van der Waals surface area (Å²) in [6.45, 7) is -0.680. The molecule has 0 radical (unpaired) electrons. The molecule has 0 unspecified atom stereocenters. The summed E-state index contributed by atoms with van der Waals surface area (Å²) < 4.78 is 45.5. The summed E-state index contributed by atoms with van der Waals surface area (Å²) in [5.74, 6) is -3.72. The minimum absolute atomic E-state index is 0.0253. The lowest BCUT2D eigenvalue weighted by molar-refractivity contribution is -0.278. The first-order valence-corrected chi connectivity index (χ1v) is 16.0. The molecule has 248 valence electrons. The first-order valence-electron chi connectivity index (χ1n) is 14.5. The highest BCUT2D eigenvalue weighted by atomic mass is 31.2. The van der Waals surface area contributed by atoms with Crippen molar-refractivity contribution in [2.75, 3.05) is 6.61 Å². The van der Waals surface area contributed by atoms with E-state index >= 15 is 0 Å². The lowest BCUT2D eigenvalue weighted by Crippen LogP contribution is -2.63. The Bertz CT molecular complexity index is 1750. The van der Waals surface area contributed by atoms with E-state index in [2.05, 4.69) is 0 Å². The van der Waals surface area contributed by atoms with Crippen molar-refractivity contribution in [1.29, 1.82) is 0 Å². The largest absolute Gasteiger partial charge is 0.472 e. The molecule has 5 atom stereocenters. The normalized spacial score (nSPS) is 20.6. The second-order valence-corrected chi connectivity index (χ2v) is 11.5. The predicted octanol–water partition coefficient (Wildman–Crippen LogP) is 4.35. The number of carbonyl (C=O) groups is 4. The Morgan fingerprint density at radius 1 is 0.542 bits per heavy atom. The van der Waals surface area contributed by atoms with Crippen molar-refractivity contribution >= 4 is 31.7 Å². The maximum Gasteiger partial charge on any atom is 0.472 e. The van der Waals surface area contributed by atoms with E-state index in [-0.39, 0.29) is 22.3 Å². The van der Waals surface area contributed by atoms with Crippen molar-refractivity contribution in [3.8, 4) is 0 Å². The number of benzene rings is 4. The first-order chi connectivity index (χ1) is 23.1. The number of ether oxygens (including phenoxy) is 5. The van der Waals surface area contributed by atoms with E-state index in [1.165, 1.54) is 48.5 Å². The van der Waals surface area contributed by atoms with Crippen LogP contribution in [0.25, 0.3) is 0 Å². The number of hydrogen-bond acceptors (Lipinski definition) is 11. The predicted molar refractivity (Wildman–Crippen MR) is 165 cm³/mol. The molecule has 0 bridgehead atoms. The van der Waals surface area contributed by atoms with Gasteiger partial charge in [0, 0.05) is 0 Å². The second-order valence-electron chi connectivity index (χ2n) is 10.3. The Labute approximate surface area is 274 Å². The van der Waals surface area contributed by atoms with Gasteiger partial charge < -0.3 is 33.5 Å². The van der Waals surface area contributed by atoms with Gasteiger partial charge in [-0.05, 0) is 48.5 Å². The third-order valence-corrected chi connectivity index (χ3v) is 7.46. The maximum absolute atomic E-state index is 13.4. The lowest BCUT2D eigenvalue weighted by atomic mass is 9.97. The van der Waals surface area contributed by atoms with Crippen LogP contribution >= 0.6 is 7.82 Å². The van der Waals surface area contributed by atoms with Gasteiger partial charge in [0.05, 0.1) is 22.3 Å². The molecular weight excluding hydrogens is 647 g/mol. The zero-order chi connectivity index (χ0) is 34.1. The highest BCUT2D eigenvalue weighted by Crippen LogP contribution is 2.42. The zero-order valence-corrected chi connectivity index (χ0v) is 25.9. The summed E-state index contributed by atoms with van der Waals surface area (Å²) in [5.41, 5.74) is 0.315. The second kappa shape index (κ2) is 15.6. The number of phosphoric ester groups is 1. The molecule has 5 rings (SSSR count). The third kappa shape index (κ3) is 9.00. The fourth-order valence-corrected chi connectivity index (χ4v) is 5.19. The summed E-state index contributed by atoms with van der Waals surface area (Å²) >= 11 is 0. The van der Waals surface area contributed by atoms with Crippen LogP contribution in [-0.4, -0.2) is 71.0 Å². The van der Waals surface area contributed by atoms with Crippen molar-refractivity contribution in [3.05, 3.63) is 144 Å². The van der Waals surface area contributed by atoms with E-state index in [1.54, 1.807) is 72.8 Å². The van der Waals surface area contributed by atoms with Crippen LogP contribution in [0.1, 0.15) is 41.4 Å². The van der Waals surface area contributed by atoms with Crippen LogP contribution in [-0.2, 0) is 32.8 Å². The van der Waals surface area contributed by atoms with Crippen molar-refractivity contribution in [2.24, 2.45) is 0 Å². The van der Waals surface area contributed by atoms with E-state index < -0.39 is 69.0 Å². The zero-order valence-electron chi connectivity index (χ0n) is 25.0. The molecule has 1 fully saturated rings. The lowest BCUT2D eigenvalue weighted by Gasteiger charge is -2.44. The van der Waals surface area contributed by atoms with Crippen LogP contribution in [0.2, 0.25) is 0 Å². The number of hydrogen-bond donors (Lipinski definition) is 2. The fourth-order valence-electron chi connectivity index (χ4n) is 4.75. The molecule has 1 heterocycles. The van der Waals surface area contributed by atoms with Gasteiger partial charge in [0.2, 0.25) is 6.29 Å². The average molecular weight is 677 g/mol. The number of esters is 4. The molecule has 1 aliphatic rings. The first kappa shape index (κ1) is 34.2.